The zero-order valence-electron chi connectivity index (χ0n) is 9.21. The summed E-state index contributed by atoms with van der Waals surface area (Å²) in [5.41, 5.74) is 0. The minimum absolute atomic E-state index is 0.727. The summed E-state index contributed by atoms with van der Waals surface area (Å²) in [6.07, 6.45) is 8.73. The molecule has 0 saturated carbocycles. The molecule has 1 N–H and O–H groups in total. The lowest BCUT2D eigenvalue weighted by Crippen LogP contribution is -2.53. The summed E-state index contributed by atoms with van der Waals surface area (Å²) in [4.78, 5) is 2.87. The fourth-order valence-electron chi connectivity index (χ4n) is 3.93. The molecule has 14 heavy (non-hydrogen) atoms. The highest BCUT2D eigenvalue weighted by Crippen LogP contribution is 2.40. The van der Waals surface area contributed by atoms with Gasteiger partial charge in [0.15, 0.2) is 0 Å². The summed E-state index contributed by atoms with van der Waals surface area (Å²) >= 11 is 0. The van der Waals surface area contributed by atoms with E-state index in [1.165, 1.54) is 45.1 Å². The van der Waals surface area contributed by atoms with E-state index in [0.29, 0.717) is 0 Å². The van der Waals surface area contributed by atoms with Crippen molar-refractivity contribution >= 4 is 0 Å². The first-order valence-corrected chi connectivity index (χ1v) is 6.37. The van der Waals surface area contributed by atoms with Crippen LogP contribution < -0.4 is 5.32 Å². The predicted molar refractivity (Wildman–Crippen MR) is 58.4 cm³/mol. The predicted octanol–water partition coefficient (Wildman–Crippen LogP) is 1.75. The minimum atomic E-state index is 0.727. The number of hydrogen-bond donors (Lipinski definition) is 1. The van der Waals surface area contributed by atoms with Gasteiger partial charge in [-0.2, -0.15) is 0 Å². The van der Waals surface area contributed by atoms with Gasteiger partial charge in [-0.3, -0.25) is 4.90 Å². The van der Waals surface area contributed by atoms with Crippen LogP contribution in [-0.2, 0) is 0 Å². The van der Waals surface area contributed by atoms with Crippen LogP contribution in [0.15, 0.2) is 0 Å². The van der Waals surface area contributed by atoms with Gasteiger partial charge in [0.1, 0.15) is 0 Å². The summed E-state index contributed by atoms with van der Waals surface area (Å²) < 4.78 is 0. The highest BCUT2D eigenvalue weighted by molar-refractivity contribution is 5.01. The van der Waals surface area contributed by atoms with Crippen molar-refractivity contribution in [3.63, 3.8) is 0 Å². The van der Waals surface area contributed by atoms with E-state index in [2.05, 4.69) is 17.1 Å². The highest BCUT2D eigenvalue weighted by Gasteiger charge is 2.44. The van der Waals surface area contributed by atoms with Crippen molar-refractivity contribution < 1.29 is 0 Å². The van der Waals surface area contributed by atoms with Crippen LogP contribution in [0.25, 0.3) is 0 Å². The first kappa shape index (κ1) is 9.17. The van der Waals surface area contributed by atoms with Crippen molar-refractivity contribution in [3.05, 3.63) is 0 Å². The smallest absolute Gasteiger partial charge is 0.0252 e. The largest absolute Gasteiger partial charge is 0.313 e. The quantitative estimate of drug-likeness (QED) is 0.684. The van der Waals surface area contributed by atoms with Crippen LogP contribution in [0, 0.1) is 0 Å². The molecule has 0 amide bonds. The monoisotopic (exact) mass is 194 g/mol. The number of hydrogen-bond acceptors (Lipinski definition) is 2. The van der Waals surface area contributed by atoms with Crippen LogP contribution in [-0.4, -0.2) is 35.6 Å². The molecule has 2 heteroatoms. The van der Waals surface area contributed by atoms with Gasteiger partial charge in [0.25, 0.3) is 0 Å². The number of piperidine rings is 1. The standard InChI is InChI=1S/C12H22N2/c1-9-12(3-2-8-13-9)14-10-4-5-11(14)7-6-10/h9-13H,2-8H2,1H3. The lowest BCUT2D eigenvalue weighted by molar-refractivity contribution is 0.117. The van der Waals surface area contributed by atoms with Crippen LogP contribution in [0.4, 0.5) is 0 Å². The molecule has 2 atom stereocenters. The molecule has 3 saturated heterocycles. The Morgan fingerprint density at radius 3 is 2.21 bits per heavy atom. The highest BCUT2D eigenvalue weighted by atomic mass is 15.3. The van der Waals surface area contributed by atoms with E-state index in [9.17, 15) is 0 Å². The summed E-state index contributed by atoms with van der Waals surface area (Å²) in [6.45, 7) is 3.61. The van der Waals surface area contributed by atoms with Gasteiger partial charge in [0, 0.05) is 24.2 Å². The molecule has 2 bridgehead atoms. The van der Waals surface area contributed by atoms with Crippen LogP contribution >= 0.6 is 0 Å². The van der Waals surface area contributed by atoms with E-state index < -0.39 is 0 Å². The molecule has 2 unspecified atom stereocenters. The Morgan fingerprint density at radius 1 is 1.00 bits per heavy atom. The first-order chi connectivity index (χ1) is 6.86. The van der Waals surface area contributed by atoms with E-state index >= 15 is 0 Å². The van der Waals surface area contributed by atoms with Gasteiger partial charge in [-0.1, -0.05) is 0 Å². The Kier molecular flexibility index (Phi) is 2.29. The summed E-state index contributed by atoms with van der Waals surface area (Å²) in [6, 6.07) is 3.48. The second-order valence-corrected chi connectivity index (χ2v) is 5.36. The maximum Gasteiger partial charge on any atom is 0.0252 e. The number of rotatable bonds is 1. The van der Waals surface area contributed by atoms with E-state index in [-0.39, 0.29) is 0 Å². The Labute approximate surface area is 87.0 Å². The van der Waals surface area contributed by atoms with Crippen LogP contribution in [0.5, 0.6) is 0 Å². The van der Waals surface area contributed by atoms with Crippen molar-refractivity contribution in [3.8, 4) is 0 Å². The van der Waals surface area contributed by atoms with Gasteiger partial charge in [0.05, 0.1) is 0 Å². The summed E-state index contributed by atoms with van der Waals surface area (Å²) in [5, 5.41) is 3.64. The summed E-state index contributed by atoms with van der Waals surface area (Å²) in [5.74, 6) is 0. The van der Waals surface area contributed by atoms with Crippen LogP contribution in [0.1, 0.15) is 45.4 Å². The van der Waals surface area contributed by atoms with E-state index in [4.69, 9.17) is 0 Å². The molecule has 0 aliphatic carbocycles. The fourth-order valence-corrected chi connectivity index (χ4v) is 3.93. The Bertz CT molecular complexity index is 196. The van der Waals surface area contributed by atoms with Gasteiger partial charge in [-0.05, 0) is 52.0 Å². The van der Waals surface area contributed by atoms with Crippen molar-refractivity contribution in [2.75, 3.05) is 6.54 Å². The molecule has 2 nitrogen and oxygen atoms in total. The normalized spacial score (nSPS) is 48.6. The molecule has 3 rings (SSSR count). The number of fused-ring (bicyclic) bond motifs is 2. The molecule has 0 aromatic heterocycles. The SMILES string of the molecule is CC1NCCCC1N1C2CCC1CC2. The maximum atomic E-state index is 3.64. The molecule has 3 heterocycles. The molecular formula is C12H22N2. The molecule has 3 fully saturated rings. The average molecular weight is 194 g/mol. The molecule has 80 valence electrons. The van der Waals surface area contributed by atoms with Gasteiger partial charge >= 0.3 is 0 Å². The maximum absolute atomic E-state index is 3.64. The molecule has 0 aromatic carbocycles. The van der Waals surface area contributed by atoms with Crippen molar-refractivity contribution in [2.24, 2.45) is 0 Å². The zero-order chi connectivity index (χ0) is 9.54. The molecule has 3 aliphatic rings. The average Bonchev–Trinajstić information content (AvgIpc) is 2.78. The van der Waals surface area contributed by atoms with Crippen LogP contribution in [0.2, 0.25) is 0 Å². The van der Waals surface area contributed by atoms with Gasteiger partial charge in [-0.25, -0.2) is 0 Å². The second kappa shape index (κ2) is 3.49. The van der Waals surface area contributed by atoms with E-state index in [0.717, 1.165) is 24.2 Å². The molecular weight excluding hydrogens is 172 g/mol. The lowest BCUT2D eigenvalue weighted by Gasteiger charge is -2.39. The summed E-state index contributed by atoms with van der Waals surface area (Å²) in [7, 11) is 0. The molecule has 0 spiro atoms. The Morgan fingerprint density at radius 2 is 1.64 bits per heavy atom. The van der Waals surface area contributed by atoms with Gasteiger partial charge < -0.3 is 5.32 Å². The Balaban J connectivity index is 1.74. The third-order valence-corrected chi connectivity index (χ3v) is 4.61. The molecule has 3 aliphatic heterocycles. The lowest BCUT2D eigenvalue weighted by atomic mass is 9.97. The van der Waals surface area contributed by atoms with Gasteiger partial charge in [0.2, 0.25) is 0 Å². The Hall–Kier alpha value is -0.0800. The number of nitrogens with one attached hydrogen (secondary N) is 1. The minimum Gasteiger partial charge on any atom is -0.313 e. The fraction of sp³-hybridized carbons (Fsp3) is 1.00. The molecule has 0 aromatic rings. The van der Waals surface area contributed by atoms with Crippen molar-refractivity contribution in [1.82, 2.24) is 10.2 Å². The van der Waals surface area contributed by atoms with E-state index in [1.54, 1.807) is 0 Å². The van der Waals surface area contributed by atoms with Gasteiger partial charge in [-0.15, -0.1) is 0 Å². The third kappa shape index (κ3) is 1.31. The topological polar surface area (TPSA) is 15.3 Å². The molecule has 0 radical (unpaired) electrons. The first-order valence-electron chi connectivity index (χ1n) is 6.37. The third-order valence-electron chi connectivity index (χ3n) is 4.61. The van der Waals surface area contributed by atoms with Crippen LogP contribution in [0.3, 0.4) is 0 Å². The van der Waals surface area contributed by atoms with E-state index in [1.807, 2.05) is 0 Å². The zero-order valence-corrected chi connectivity index (χ0v) is 9.21. The second-order valence-electron chi connectivity index (χ2n) is 5.36. The van der Waals surface area contributed by atoms with Crippen molar-refractivity contribution in [1.29, 1.82) is 0 Å². The number of nitrogens with zero attached hydrogens (tertiary/aromatic N) is 1. The van der Waals surface area contributed by atoms with Crippen molar-refractivity contribution in [2.45, 2.75) is 69.6 Å².